The monoisotopic (exact) mass is 283 g/mol. The van der Waals surface area contributed by atoms with E-state index in [0.717, 1.165) is 16.7 Å². The topological polar surface area (TPSA) is 87.2 Å². The molecular formula is C11H17N5O2S. The summed E-state index contributed by atoms with van der Waals surface area (Å²) in [6.07, 6.45) is 0.665. The average molecular weight is 283 g/mol. The van der Waals surface area contributed by atoms with E-state index >= 15 is 0 Å². The molecule has 1 atom stereocenters. The maximum atomic E-state index is 11.7. The lowest BCUT2D eigenvalue weighted by Crippen LogP contribution is -2.57. The summed E-state index contributed by atoms with van der Waals surface area (Å²) in [4.78, 5) is 25.0. The van der Waals surface area contributed by atoms with Crippen LogP contribution in [0.1, 0.15) is 25.3 Å². The third-order valence-electron chi connectivity index (χ3n) is 2.87. The summed E-state index contributed by atoms with van der Waals surface area (Å²) >= 11 is 1.45. The Balaban J connectivity index is 2.06. The van der Waals surface area contributed by atoms with Crippen LogP contribution in [0.4, 0.5) is 5.13 Å². The van der Waals surface area contributed by atoms with Crippen LogP contribution in [0.5, 0.6) is 0 Å². The summed E-state index contributed by atoms with van der Waals surface area (Å²) in [6, 6.07) is -0.274. The molecule has 0 aliphatic carbocycles. The first-order valence-corrected chi connectivity index (χ1v) is 7.09. The molecule has 19 heavy (non-hydrogen) atoms. The van der Waals surface area contributed by atoms with E-state index in [-0.39, 0.29) is 24.4 Å². The van der Waals surface area contributed by atoms with Gasteiger partial charge in [0.15, 0.2) is 0 Å². The summed E-state index contributed by atoms with van der Waals surface area (Å²) in [5.74, 6) is -0.485. The highest BCUT2D eigenvalue weighted by Crippen LogP contribution is 2.19. The van der Waals surface area contributed by atoms with Gasteiger partial charge in [0.25, 0.3) is 0 Å². The molecule has 1 fully saturated rings. The first-order chi connectivity index (χ1) is 9.13. The molecule has 1 aromatic rings. The minimum atomic E-state index is -0.274. The summed E-state index contributed by atoms with van der Waals surface area (Å²) in [6.45, 7) is 5.40. The molecule has 1 aliphatic rings. The Morgan fingerprint density at radius 2 is 2.21 bits per heavy atom. The maximum Gasteiger partial charge on any atom is 0.243 e. The van der Waals surface area contributed by atoms with E-state index in [9.17, 15) is 9.59 Å². The number of carbonyl (C=O) groups excluding carboxylic acids is 2. The van der Waals surface area contributed by atoms with E-state index in [2.05, 4.69) is 20.8 Å². The van der Waals surface area contributed by atoms with Crippen molar-refractivity contribution >= 4 is 28.3 Å². The number of piperazine rings is 1. The van der Waals surface area contributed by atoms with E-state index in [4.69, 9.17) is 0 Å². The zero-order chi connectivity index (χ0) is 13.8. The smallest absolute Gasteiger partial charge is 0.243 e. The average Bonchev–Trinajstić information content (AvgIpc) is 2.76. The van der Waals surface area contributed by atoms with Crippen molar-refractivity contribution in [3.05, 3.63) is 5.01 Å². The van der Waals surface area contributed by atoms with Crippen molar-refractivity contribution in [2.75, 3.05) is 18.4 Å². The van der Waals surface area contributed by atoms with Crippen molar-refractivity contribution in [1.82, 2.24) is 20.4 Å². The van der Waals surface area contributed by atoms with Crippen molar-refractivity contribution in [2.24, 2.45) is 0 Å². The number of anilines is 1. The standard InChI is InChI=1S/C11H17N5O2S/c1-3-7-10(18)13-8(17)5-16(7)6-9-14-15-11(19-9)12-4-2/h7H,3-6H2,1-2H3,(H,12,15)(H,13,17,18). The molecule has 104 valence electrons. The van der Waals surface area contributed by atoms with Crippen molar-refractivity contribution in [1.29, 1.82) is 0 Å². The second kappa shape index (κ2) is 6.07. The number of rotatable bonds is 5. The van der Waals surface area contributed by atoms with Gasteiger partial charge in [0, 0.05) is 6.54 Å². The predicted octanol–water partition coefficient (Wildman–Crippen LogP) is 0.207. The number of imide groups is 1. The van der Waals surface area contributed by atoms with Crippen LogP contribution >= 0.6 is 11.3 Å². The Kier molecular flexibility index (Phi) is 4.43. The van der Waals surface area contributed by atoms with Crippen molar-refractivity contribution in [2.45, 2.75) is 32.9 Å². The highest BCUT2D eigenvalue weighted by molar-refractivity contribution is 7.15. The molecule has 2 rings (SSSR count). The molecule has 7 nitrogen and oxygen atoms in total. The molecule has 1 aliphatic heterocycles. The lowest BCUT2D eigenvalue weighted by Gasteiger charge is -2.32. The van der Waals surface area contributed by atoms with Crippen LogP contribution in [0.3, 0.4) is 0 Å². The summed E-state index contributed by atoms with van der Waals surface area (Å²) in [5, 5.41) is 15.1. The summed E-state index contributed by atoms with van der Waals surface area (Å²) < 4.78 is 0. The third-order valence-corrected chi connectivity index (χ3v) is 3.74. The molecule has 1 unspecified atom stereocenters. The molecule has 2 amide bonds. The van der Waals surface area contributed by atoms with Crippen LogP contribution in [-0.2, 0) is 16.1 Å². The molecule has 1 saturated heterocycles. The van der Waals surface area contributed by atoms with E-state index in [1.165, 1.54) is 11.3 Å². The van der Waals surface area contributed by atoms with Gasteiger partial charge in [0.2, 0.25) is 16.9 Å². The van der Waals surface area contributed by atoms with Crippen LogP contribution < -0.4 is 10.6 Å². The normalized spacial score (nSPS) is 20.4. The number of aromatic nitrogens is 2. The van der Waals surface area contributed by atoms with Gasteiger partial charge in [-0.3, -0.25) is 19.8 Å². The molecule has 0 spiro atoms. The Bertz CT molecular complexity index is 475. The summed E-state index contributed by atoms with van der Waals surface area (Å²) in [7, 11) is 0. The first-order valence-electron chi connectivity index (χ1n) is 6.28. The number of hydrogen-bond acceptors (Lipinski definition) is 7. The molecule has 0 bridgehead atoms. The molecule has 2 heterocycles. The highest BCUT2D eigenvalue weighted by Gasteiger charge is 2.32. The van der Waals surface area contributed by atoms with E-state index in [1.54, 1.807) is 0 Å². The van der Waals surface area contributed by atoms with Crippen LogP contribution in [0.2, 0.25) is 0 Å². The largest absolute Gasteiger partial charge is 0.360 e. The molecule has 2 N–H and O–H groups in total. The predicted molar refractivity (Wildman–Crippen MR) is 71.7 cm³/mol. The zero-order valence-electron chi connectivity index (χ0n) is 11.0. The van der Waals surface area contributed by atoms with Crippen molar-refractivity contribution in [3.63, 3.8) is 0 Å². The van der Waals surface area contributed by atoms with Gasteiger partial charge in [-0.1, -0.05) is 18.3 Å². The lowest BCUT2D eigenvalue weighted by atomic mass is 10.1. The second-order valence-corrected chi connectivity index (χ2v) is 5.33. The fraction of sp³-hybridized carbons (Fsp3) is 0.636. The molecule has 0 saturated carbocycles. The quantitative estimate of drug-likeness (QED) is 0.751. The van der Waals surface area contributed by atoms with Gasteiger partial charge in [-0.15, -0.1) is 10.2 Å². The molecule has 1 aromatic heterocycles. The SMILES string of the molecule is CCNc1nnc(CN2CC(=O)NC(=O)C2CC)s1. The maximum absolute atomic E-state index is 11.7. The number of nitrogens with zero attached hydrogens (tertiary/aromatic N) is 3. The van der Waals surface area contributed by atoms with Crippen LogP contribution in [0, 0.1) is 0 Å². The third kappa shape index (κ3) is 3.27. The van der Waals surface area contributed by atoms with Crippen LogP contribution in [0.15, 0.2) is 0 Å². The van der Waals surface area contributed by atoms with Gasteiger partial charge in [-0.2, -0.15) is 0 Å². The number of nitrogens with one attached hydrogen (secondary N) is 2. The number of amides is 2. The van der Waals surface area contributed by atoms with Crippen LogP contribution in [-0.4, -0.2) is 46.0 Å². The minimum Gasteiger partial charge on any atom is -0.360 e. The number of hydrogen-bond donors (Lipinski definition) is 2. The van der Waals surface area contributed by atoms with Gasteiger partial charge in [0.05, 0.1) is 19.1 Å². The second-order valence-electron chi connectivity index (χ2n) is 4.27. The van der Waals surface area contributed by atoms with E-state index < -0.39 is 0 Å². The fourth-order valence-electron chi connectivity index (χ4n) is 2.04. The van der Waals surface area contributed by atoms with Gasteiger partial charge in [-0.05, 0) is 13.3 Å². The van der Waals surface area contributed by atoms with Crippen molar-refractivity contribution in [3.8, 4) is 0 Å². The van der Waals surface area contributed by atoms with E-state index in [0.29, 0.717) is 13.0 Å². The van der Waals surface area contributed by atoms with Gasteiger partial charge in [-0.25, -0.2) is 0 Å². The first kappa shape index (κ1) is 13.9. The Labute approximate surface area is 115 Å². The highest BCUT2D eigenvalue weighted by atomic mass is 32.1. The molecule has 8 heteroatoms. The molecule has 0 radical (unpaired) electrons. The molecular weight excluding hydrogens is 266 g/mol. The minimum absolute atomic E-state index is 0.223. The Morgan fingerprint density at radius 3 is 2.89 bits per heavy atom. The fourth-order valence-corrected chi connectivity index (χ4v) is 2.88. The van der Waals surface area contributed by atoms with Gasteiger partial charge >= 0.3 is 0 Å². The Hall–Kier alpha value is -1.54. The lowest BCUT2D eigenvalue weighted by molar-refractivity contribution is -0.140. The molecule has 0 aromatic carbocycles. The zero-order valence-corrected chi connectivity index (χ0v) is 11.8. The van der Waals surface area contributed by atoms with Gasteiger partial charge in [0.1, 0.15) is 5.01 Å². The Morgan fingerprint density at radius 1 is 1.42 bits per heavy atom. The van der Waals surface area contributed by atoms with Crippen LogP contribution in [0.25, 0.3) is 0 Å². The summed E-state index contributed by atoms with van der Waals surface area (Å²) in [5.41, 5.74) is 0. The van der Waals surface area contributed by atoms with Gasteiger partial charge < -0.3 is 5.32 Å². The van der Waals surface area contributed by atoms with E-state index in [1.807, 2.05) is 18.7 Å². The number of carbonyl (C=O) groups is 2. The van der Waals surface area contributed by atoms with Crippen molar-refractivity contribution < 1.29 is 9.59 Å².